The molecule has 134 valence electrons. The van der Waals surface area contributed by atoms with Crippen molar-refractivity contribution in [2.75, 3.05) is 17.7 Å². The number of anilines is 1. The van der Waals surface area contributed by atoms with E-state index in [1.165, 1.54) is 6.26 Å². The maximum atomic E-state index is 11.3. The Bertz CT molecular complexity index is 825. The fraction of sp³-hybridized carbons (Fsp3) is 0.647. The average molecular weight is 353 g/mol. The van der Waals surface area contributed by atoms with Gasteiger partial charge < -0.3 is 10.3 Å². The molecule has 2 N–H and O–H groups in total. The lowest BCUT2D eigenvalue weighted by atomic mass is 10.2. The smallest absolute Gasteiger partial charge is 0.151 e. The number of hydrogen-bond donors (Lipinski definition) is 1. The predicted octanol–water partition coefficient (Wildman–Crippen LogP) is 2.80. The number of unbranched alkanes of at least 4 members (excludes halogenated alkanes) is 2. The van der Waals surface area contributed by atoms with Gasteiger partial charge in [-0.3, -0.25) is 0 Å². The third-order valence-electron chi connectivity index (χ3n) is 4.38. The van der Waals surface area contributed by atoms with Crippen LogP contribution in [0.1, 0.15) is 49.7 Å². The van der Waals surface area contributed by atoms with Crippen LogP contribution in [-0.2, 0) is 22.8 Å². The Morgan fingerprint density at radius 1 is 1.12 bits per heavy atom. The van der Waals surface area contributed by atoms with E-state index < -0.39 is 9.84 Å². The molecule has 0 unspecified atom stereocenters. The van der Waals surface area contributed by atoms with Crippen molar-refractivity contribution in [1.82, 2.24) is 14.5 Å². The van der Waals surface area contributed by atoms with Gasteiger partial charge >= 0.3 is 0 Å². The first kappa shape index (κ1) is 18.7. The van der Waals surface area contributed by atoms with E-state index >= 15 is 0 Å². The van der Waals surface area contributed by atoms with Crippen LogP contribution in [0.2, 0.25) is 0 Å². The van der Waals surface area contributed by atoms with E-state index in [1.807, 2.05) is 13.8 Å². The highest BCUT2D eigenvalue weighted by Gasteiger charge is 2.17. The van der Waals surface area contributed by atoms with Gasteiger partial charge in [-0.15, -0.1) is 0 Å². The number of aromatic nitrogens is 3. The number of nitrogen functional groups attached to an aromatic ring is 1. The van der Waals surface area contributed by atoms with Gasteiger partial charge in [-0.1, -0.05) is 13.3 Å². The molecule has 2 rings (SSSR count). The lowest BCUT2D eigenvalue weighted by molar-refractivity contribution is 0.581. The van der Waals surface area contributed by atoms with Crippen molar-refractivity contribution >= 4 is 26.7 Å². The Morgan fingerprint density at radius 3 is 2.46 bits per heavy atom. The highest BCUT2D eigenvalue weighted by atomic mass is 32.2. The zero-order chi connectivity index (χ0) is 17.9. The van der Waals surface area contributed by atoms with Crippen LogP contribution < -0.4 is 5.73 Å². The molecule has 0 atom stereocenters. The van der Waals surface area contributed by atoms with Crippen LogP contribution >= 0.6 is 0 Å². The molecule has 0 saturated carbocycles. The Hall–Kier alpha value is -1.63. The largest absolute Gasteiger partial charge is 0.382 e. The molecule has 0 aliphatic carbocycles. The predicted molar refractivity (Wildman–Crippen MR) is 99.0 cm³/mol. The molecule has 0 aromatic carbocycles. The number of rotatable bonds is 8. The molecular weight excluding hydrogens is 324 g/mol. The van der Waals surface area contributed by atoms with Gasteiger partial charge in [0.25, 0.3) is 0 Å². The van der Waals surface area contributed by atoms with Gasteiger partial charge in [0.1, 0.15) is 21.2 Å². The second-order valence-corrected chi connectivity index (χ2v) is 8.78. The van der Waals surface area contributed by atoms with Crippen molar-refractivity contribution in [3.63, 3.8) is 0 Å². The van der Waals surface area contributed by atoms with E-state index in [2.05, 4.69) is 16.5 Å². The Kier molecular flexibility index (Phi) is 5.85. The van der Waals surface area contributed by atoms with E-state index in [-0.39, 0.29) is 5.75 Å². The molecule has 24 heavy (non-hydrogen) atoms. The molecule has 0 spiro atoms. The first-order valence-corrected chi connectivity index (χ1v) is 10.6. The van der Waals surface area contributed by atoms with Crippen molar-refractivity contribution in [2.24, 2.45) is 0 Å². The molecule has 6 nitrogen and oxygen atoms in total. The molecule has 2 aromatic heterocycles. The lowest BCUT2D eigenvalue weighted by Gasteiger charge is -2.11. The van der Waals surface area contributed by atoms with Crippen molar-refractivity contribution in [3.05, 3.63) is 17.1 Å². The SMILES string of the molecule is CCCCc1nc2c(N)nc(C)c(C)c2n1CCCCS(C)(=O)=O. The molecule has 0 bridgehead atoms. The summed E-state index contributed by atoms with van der Waals surface area (Å²) >= 11 is 0. The van der Waals surface area contributed by atoms with Gasteiger partial charge in [0.2, 0.25) is 0 Å². The molecule has 0 fully saturated rings. The van der Waals surface area contributed by atoms with Crippen LogP contribution in [0.5, 0.6) is 0 Å². The maximum absolute atomic E-state index is 11.3. The molecule has 2 heterocycles. The molecule has 0 aliphatic heterocycles. The Balaban J connectivity index is 2.36. The van der Waals surface area contributed by atoms with E-state index in [0.29, 0.717) is 12.2 Å². The summed E-state index contributed by atoms with van der Waals surface area (Å²) in [6, 6.07) is 0. The zero-order valence-corrected chi connectivity index (χ0v) is 15.9. The Labute approximate surface area is 144 Å². The average Bonchev–Trinajstić information content (AvgIpc) is 2.85. The summed E-state index contributed by atoms with van der Waals surface area (Å²) < 4.78 is 24.8. The number of nitrogens with two attached hydrogens (primary N) is 1. The second kappa shape index (κ2) is 7.51. The summed E-state index contributed by atoms with van der Waals surface area (Å²) in [7, 11) is -2.91. The Morgan fingerprint density at radius 2 is 1.83 bits per heavy atom. The van der Waals surface area contributed by atoms with Gasteiger partial charge in [-0.25, -0.2) is 18.4 Å². The third-order valence-corrected chi connectivity index (χ3v) is 5.41. The normalized spacial score (nSPS) is 12.2. The summed E-state index contributed by atoms with van der Waals surface area (Å²) in [5.41, 5.74) is 9.91. The summed E-state index contributed by atoms with van der Waals surface area (Å²) in [6.45, 7) is 6.92. The molecule has 2 aromatic rings. The summed E-state index contributed by atoms with van der Waals surface area (Å²) in [5.74, 6) is 1.72. The molecular formula is C17H28N4O2S. The fourth-order valence-corrected chi connectivity index (χ4v) is 3.68. The van der Waals surface area contributed by atoms with Crippen molar-refractivity contribution < 1.29 is 8.42 Å². The lowest BCUT2D eigenvalue weighted by Crippen LogP contribution is -2.08. The second-order valence-electron chi connectivity index (χ2n) is 6.52. The van der Waals surface area contributed by atoms with Crippen LogP contribution in [0.15, 0.2) is 0 Å². The number of nitrogens with zero attached hydrogens (tertiary/aromatic N) is 3. The molecule has 0 saturated heterocycles. The third kappa shape index (κ3) is 4.26. The molecule has 0 radical (unpaired) electrons. The van der Waals surface area contributed by atoms with Crippen LogP contribution in [0.3, 0.4) is 0 Å². The number of aryl methyl sites for hydroxylation is 4. The van der Waals surface area contributed by atoms with Gasteiger partial charge in [0.15, 0.2) is 5.82 Å². The van der Waals surface area contributed by atoms with Crippen molar-refractivity contribution in [1.29, 1.82) is 0 Å². The quantitative estimate of drug-likeness (QED) is 0.738. The van der Waals surface area contributed by atoms with Gasteiger partial charge in [-0.05, 0) is 38.7 Å². The summed E-state index contributed by atoms with van der Waals surface area (Å²) in [4.78, 5) is 9.12. The van der Waals surface area contributed by atoms with Crippen LogP contribution in [0, 0.1) is 13.8 Å². The van der Waals surface area contributed by atoms with E-state index in [1.54, 1.807) is 0 Å². The van der Waals surface area contributed by atoms with Gasteiger partial charge in [0, 0.05) is 30.7 Å². The van der Waals surface area contributed by atoms with Crippen LogP contribution in [0.25, 0.3) is 11.0 Å². The highest BCUT2D eigenvalue weighted by molar-refractivity contribution is 7.90. The van der Waals surface area contributed by atoms with Gasteiger partial charge in [-0.2, -0.15) is 0 Å². The fourth-order valence-electron chi connectivity index (χ4n) is 2.95. The van der Waals surface area contributed by atoms with Crippen molar-refractivity contribution in [2.45, 2.75) is 59.4 Å². The van der Waals surface area contributed by atoms with E-state index in [4.69, 9.17) is 10.7 Å². The zero-order valence-electron chi connectivity index (χ0n) is 15.1. The minimum absolute atomic E-state index is 0.228. The van der Waals surface area contributed by atoms with E-state index in [0.717, 1.165) is 60.3 Å². The molecule has 0 amide bonds. The first-order chi connectivity index (χ1) is 11.2. The molecule has 0 aliphatic rings. The van der Waals surface area contributed by atoms with Crippen LogP contribution in [0.4, 0.5) is 5.82 Å². The molecule has 7 heteroatoms. The maximum Gasteiger partial charge on any atom is 0.151 e. The van der Waals surface area contributed by atoms with Gasteiger partial charge in [0.05, 0.1) is 5.52 Å². The summed E-state index contributed by atoms with van der Waals surface area (Å²) in [6.07, 6.45) is 5.81. The number of fused-ring (bicyclic) bond motifs is 1. The number of sulfone groups is 1. The number of pyridine rings is 1. The standard InChI is InChI=1S/C17H28N4O2S/c1-5-6-9-14-20-15-16(12(2)13(3)19-17(15)18)21(14)10-7-8-11-24(4,22)23/h5-11H2,1-4H3,(H2,18,19). The number of imidazole rings is 1. The van der Waals surface area contributed by atoms with E-state index in [9.17, 15) is 8.42 Å². The van der Waals surface area contributed by atoms with Crippen LogP contribution in [-0.4, -0.2) is 35.0 Å². The first-order valence-electron chi connectivity index (χ1n) is 8.54. The summed E-state index contributed by atoms with van der Waals surface area (Å²) in [5, 5.41) is 0. The minimum atomic E-state index is -2.91. The highest BCUT2D eigenvalue weighted by Crippen LogP contribution is 2.27. The monoisotopic (exact) mass is 352 g/mol. The minimum Gasteiger partial charge on any atom is -0.382 e. The van der Waals surface area contributed by atoms with Crippen molar-refractivity contribution in [3.8, 4) is 0 Å². The number of hydrogen-bond acceptors (Lipinski definition) is 5. The topological polar surface area (TPSA) is 90.9 Å².